The molecule has 1 N–H and O–H groups in total. The maximum Gasteiger partial charge on any atom is 0.227 e. The molecule has 1 aliphatic rings. The van der Waals surface area contributed by atoms with E-state index in [9.17, 15) is 4.39 Å². The topological polar surface area (TPSA) is 60.9 Å². The molecule has 112 valence electrons. The van der Waals surface area contributed by atoms with Crippen LogP contribution in [0.25, 0.3) is 0 Å². The fraction of sp³-hybridized carbons (Fsp3) is 0.500. The van der Waals surface area contributed by atoms with Gasteiger partial charge in [-0.05, 0) is 19.8 Å². The molecule has 0 amide bonds. The van der Waals surface area contributed by atoms with Crippen molar-refractivity contribution in [3.8, 4) is 0 Å². The number of anilines is 2. The number of halogens is 1. The van der Waals surface area contributed by atoms with Crippen LogP contribution in [0, 0.1) is 12.7 Å². The average molecular weight is 290 g/mol. The molecule has 0 saturated carbocycles. The Bertz CT molecular complexity index is 620. The van der Waals surface area contributed by atoms with Gasteiger partial charge >= 0.3 is 0 Å². The molecule has 2 aromatic heterocycles. The zero-order valence-corrected chi connectivity index (χ0v) is 12.3. The number of hydrogen-bond acceptors (Lipinski definition) is 5. The van der Waals surface area contributed by atoms with E-state index in [2.05, 4.69) is 20.2 Å². The van der Waals surface area contributed by atoms with Gasteiger partial charge in [0.15, 0.2) is 11.6 Å². The van der Waals surface area contributed by atoms with E-state index in [0.29, 0.717) is 18.3 Å². The van der Waals surface area contributed by atoms with Gasteiger partial charge in [-0.1, -0.05) is 0 Å². The minimum absolute atomic E-state index is 0.353. The molecule has 0 aromatic carbocycles. The van der Waals surface area contributed by atoms with Crippen molar-refractivity contribution in [3.05, 3.63) is 29.5 Å². The van der Waals surface area contributed by atoms with Gasteiger partial charge in [0.25, 0.3) is 0 Å². The molecule has 2 aromatic rings. The summed E-state index contributed by atoms with van der Waals surface area (Å²) in [6, 6.07) is 0. The number of nitrogens with one attached hydrogen (secondary N) is 1. The van der Waals surface area contributed by atoms with Gasteiger partial charge in [0.2, 0.25) is 5.95 Å². The Kier molecular flexibility index (Phi) is 3.72. The smallest absolute Gasteiger partial charge is 0.227 e. The van der Waals surface area contributed by atoms with Gasteiger partial charge in [0.1, 0.15) is 0 Å². The molecule has 0 bridgehead atoms. The molecule has 21 heavy (non-hydrogen) atoms. The van der Waals surface area contributed by atoms with Gasteiger partial charge in [-0.2, -0.15) is 10.1 Å². The van der Waals surface area contributed by atoms with Crippen LogP contribution in [-0.2, 0) is 6.54 Å². The molecule has 0 spiro atoms. The summed E-state index contributed by atoms with van der Waals surface area (Å²) >= 11 is 0. The maximum atomic E-state index is 13.9. The van der Waals surface area contributed by atoms with Crippen LogP contribution < -0.4 is 9.80 Å². The molecule has 0 atom stereocenters. The summed E-state index contributed by atoms with van der Waals surface area (Å²) in [5.41, 5.74) is 2.09. The number of rotatable bonds is 4. The molecule has 0 unspecified atom stereocenters. The lowest BCUT2D eigenvalue weighted by molar-refractivity contribution is 0.606. The zero-order chi connectivity index (χ0) is 14.8. The second-order valence-corrected chi connectivity index (χ2v) is 5.41. The van der Waals surface area contributed by atoms with Gasteiger partial charge in [0, 0.05) is 37.9 Å². The van der Waals surface area contributed by atoms with Crippen molar-refractivity contribution in [1.29, 1.82) is 0 Å². The second kappa shape index (κ2) is 5.67. The van der Waals surface area contributed by atoms with Crippen molar-refractivity contribution in [2.75, 3.05) is 29.9 Å². The van der Waals surface area contributed by atoms with Crippen LogP contribution >= 0.6 is 0 Å². The highest BCUT2D eigenvalue weighted by Crippen LogP contribution is 2.23. The molecule has 7 heteroatoms. The van der Waals surface area contributed by atoms with Crippen LogP contribution in [0.15, 0.2) is 12.4 Å². The number of hydrogen-bond donors (Lipinski definition) is 1. The fourth-order valence-corrected chi connectivity index (χ4v) is 2.55. The third-order valence-electron chi connectivity index (χ3n) is 3.80. The van der Waals surface area contributed by atoms with E-state index in [-0.39, 0.29) is 5.82 Å². The maximum absolute atomic E-state index is 13.9. The molecule has 0 aliphatic carbocycles. The first-order valence-corrected chi connectivity index (χ1v) is 7.12. The van der Waals surface area contributed by atoms with E-state index < -0.39 is 0 Å². The summed E-state index contributed by atoms with van der Waals surface area (Å²) in [6.07, 6.45) is 5.22. The van der Waals surface area contributed by atoms with Crippen LogP contribution in [0.3, 0.4) is 0 Å². The highest BCUT2D eigenvalue weighted by Gasteiger charge is 2.19. The minimum atomic E-state index is -0.353. The van der Waals surface area contributed by atoms with Crippen LogP contribution in [0.4, 0.5) is 16.2 Å². The standard InChI is InChI=1S/C14H19FN6/c1-10-11(7-17-19-10)9-20(2)14-16-8-12(15)13(18-14)21-5-3-4-6-21/h7-8H,3-6,9H2,1-2H3,(H,17,19). The van der Waals surface area contributed by atoms with Gasteiger partial charge in [-0.3, -0.25) is 5.10 Å². The average Bonchev–Trinajstić information content (AvgIpc) is 3.12. The van der Waals surface area contributed by atoms with Crippen LogP contribution in [0.1, 0.15) is 24.1 Å². The molecular formula is C14H19FN6. The molecule has 3 rings (SSSR count). The van der Waals surface area contributed by atoms with Crippen molar-refractivity contribution >= 4 is 11.8 Å². The normalized spacial score (nSPS) is 14.7. The Hall–Kier alpha value is -2.18. The number of aryl methyl sites for hydroxylation is 1. The Balaban J connectivity index is 1.81. The molecule has 0 radical (unpaired) electrons. The summed E-state index contributed by atoms with van der Waals surface area (Å²) in [5.74, 6) is 0.584. The highest BCUT2D eigenvalue weighted by atomic mass is 19.1. The Morgan fingerprint density at radius 3 is 2.76 bits per heavy atom. The van der Waals surface area contributed by atoms with E-state index >= 15 is 0 Å². The van der Waals surface area contributed by atoms with Crippen molar-refractivity contribution in [1.82, 2.24) is 20.2 Å². The van der Waals surface area contributed by atoms with Gasteiger partial charge < -0.3 is 9.80 Å². The largest absolute Gasteiger partial charge is 0.354 e. The quantitative estimate of drug-likeness (QED) is 0.931. The summed E-state index contributed by atoms with van der Waals surface area (Å²) in [4.78, 5) is 12.4. The third-order valence-corrected chi connectivity index (χ3v) is 3.80. The number of H-pyrrole nitrogens is 1. The highest BCUT2D eigenvalue weighted by molar-refractivity contribution is 5.45. The lowest BCUT2D eigenvalue weighted by Gasteiger charge is -2.21. The van der Waals surface area contributed by atoms with Gasteiger partial charge in [-0.25, -0.2) is 9.37 Å². The van der Waals surface area contributed by atoms with E-state index in [1.165, 1.54) is 6.20 Å². The lowest BCUT2D eigenvalue weighted by atomic mass is 10.2. The Morgan fingerprint density at radius 2 is 2.10 bits per heavy atom. The van der Waals surface area contributed by atoms with Gasteiger partial charge in [0.05, 0.1) is 12.4 Å². The first kappa shape index (κ1) is 13.8. The third kappa shape index (κ3) is 2.81. The van der Waals surface area contributed by atoms with Crippen molar-refractivity contribution < 1.29 is 4.39 Å². The number of aromatic amines is 1. The Labute approximate surface area is 123 Å². The fourth-order valence-electron chi connectivity index (χ4n) is 2.55. The predicted octanol–water partition coefficient (Wildman–Crippen LogP) is 1.88. The first-order valence-electron chi connectivity index (χ1n) is 7.12. The summed E-state index contributed by atoms with van der Waals surface area (Å²) in [5, 5.41) is 6.91. The van der Waals surface area contributed by atoms with Crippen molar-refractivity contribution in [3.63, 3.8) is 0 Å². The second-order valence-electron chi connectivity index (χ2n) is 5.41. The van der Waals surface area contributed by atoms with E-state index in [4.69, 9.17) is 0 Å². The zero-order valence-electron chi connectivity index (χ0n) is 12.3. The number of aromatic nitrogens is 4. The van der Waals surface area contributed by atoms with E-state index in [1.807, 2.05) is 23.8 Å². The van der Waals surface area contributed by atoms with Crippen LogP contribution in [0.2, 0.25) is 0 Å². The van der Waals surface area contributed by atoms with E-state index in [0.717, 1.165) is 37.2 Å². The predicted molar refractivity (Wildman–Crippen MR) is 78.9 cm³/mol. The molecule has 3 heterocycles. The van der Waals surface area contributed by atoms with Crippen LogP contribution in [-0.4, -0.2) is 40.3 Å². The summed E-state index contributed by atoms with van der Waals surface area (Å²) in [6.45, 7) is 4.32. The summed E-state index contributed by atoms with van der Waals surface area (Å²) < 4.78 is 13.9. The molecule has 6 nitrogen and oxygen atoms in total. The SMILES string of the molecule is Cc1[nH]ncc1CN(C)c1ncc(F)c(N2CCCC2)n1. The van der Waals surface area contributed by atoms with Crippen molar-refractivity contribution in [2.45, 2.75) is 26.3 Å². The van der Waals surface area contributed by atoms with E-state index in [1.54, 1.807) is 6.20 Å². The first-order chi connectivity index (χ1) is 10.1. The van der Waals surface area contributed by atoms with Crippen LogP contribution in [0.5, 0.6) is 0 Å². The molecular weight excluding hydrogens is 271 g/mol. The molecule has 1 saturated heterocycles. The van der Waals surface area contributed by atoms with Crippen molar-refractivity contribution in [2.24, 2.45) is 0 Å². The number of nitrogens with zero attached hydrogens (tertiary/aromatic N) is 5. The Morgan fingerprint density at radius 1 is 1.33 bits per heavy atom. The summed E-state index contributed by atoms with van der Waals surface area (Å²) in [7, 11) is 1.90. The molecule has 1 aliphatic heterocycles. The minimum Gasteiger partial charge on any atom is -0.354 e. The van der Waals surface area contributed by atoms with Gasteiger partial charge in [-0.15, -0.1) is 0 Å². The molecule has 1 fully saturated rings. The monoisotopic (exact) mass is 290 g/mol. The lowest BCUT2D eigenvalue weighted by Crippen LogP contribution is -2.24.